The van der Waals surface area contributed by atoms with Gasteiger partial charge in [0.25, 0.3) is 0 Å². The largest absolute Gasteiger partial charge is 0.307 e. The van der Waals surface area contributed by atoms with Gasteiger partial charge in [-0.25, -0.2) is 0 Å². The van der Waals surface area contributed by atoms with Crippen LogP contribution in [0.5, 0.6) is 0 Å². The highest BCUT2D eigenvalue weighted by molar-refractivity contribution is 9.10. The molecule has 0 aliphatic heterocycles. The Balaban J connectivity index is 2.31. The molecule has 0 spiro atoms. The minimum atomic E-state index is 0.223. The van der Waals surface area contributed by atoms with E-state index in [-0.39, 0.29) is 6.04 Å². The monoisotopic (exact) mass is 313 g/mol. The van der Waals surface area contributed by atoms with Gasteiger partial charge in [0, 0.05) is 27.5 Å². The zero-order valence-corrected chi connectivity index (χ0v) is 12.4. The fraction of sp³-hybridized carbons (Fsp3) is 0.417. The molecule has 0 aliphatic carbocycles. The van der Waals surface area contributed by atoms with Gasteiger partial charge in [0.05, 0.1) is 11.7 Å². The van der Waals surface area contributed by atoms with Crippen LogP contribution in [-0.2, 0) is 6.54 Å². The van der Waals surface area contributed by atoms with E-state index in [0.717, 1.165) is 17.4 Å². The van der Waals surface area contributed by atoms with E-state index in [1.54, 1.807) is 11.3 Å². The van der Waals surface area contributed by atoms with Crippen molar-refractivity contribution < 1.29 is 0 Å². The second-order valence-electron chi connectivity index (χ2n) is 3.87. The number of halogens is 1. The summed E-state index contributed by atoms with van der Waals surface area (Å²) in [5.74, 6) is 0. The zero-order chi connectivity index (χ0) is 12.3. The van der Waals surface area contributed by atoms with Crippen molar-refractivity contribution in [1.29, 1.82) is 0 Å². The van der Waals surface area contributed by atoms with E-state index in [1.165, 1.54) is 10.6 Å². The lowest BCUT2D eigenvalue weighted by atomic mass is 10.1. The highest BCUT2D eigenvalue weighted by Gasteiger charge is 2.17. The molecule has 1 atom stereocenters. The van der Waals surface area contributed by atoms with Crippen LogP contribution in [0.2, 0.25) is 0 Å². The minimum Gasteiger partial charge on any atom is -0.307 e. The van der Waals surface area contributed by atoms with Crippen LogP contribution < -0.4 is 5.32 Å². The Labute approximate surface area is 114 Å². The van der Waals surface area contributed by atoms with E-state index in [2.05, 4.69) is 55.5 Å². The molecule has 5 heteroatoms. The third-order valence-corrected chi connectivity index (χ3v) is 4.40. The van der Waals surface area contributed by atoms with Gasteiger partial charge in [-0.05, 0) is 41.5 Å². The lowest BCUT2D eigenvalue weighted by Crippen LogP contribution is -2.20. The number of rotatable bonds is 5. The molecule has 17 heavy (non-hydrogen) atoms. The summed E-state index contributed by atoms with van der Waals surface area (Å²) in [4.78, 5) is 1.30. The molecule has 0 bridgehead atoms. The molecule has 0 amide bonds. The van der Waals surface area contributed by atoms with Crippen molar-refractivity contribution in [2.45, 2.75) is 25.9 Å². The molecule has 2 rings (SSSR count). The first-order chi connectivity index (χ1) is 8.26. The van der Waals surface area contributed by atoms with E-state index in [4.69, 9.17) is 0 Å². The summed E-state index contributed by atoms with van der Waals surface area (Å²) >= 11 is 5.26. The van der Waals surface area contributed by atoms with Gasteiger partial charge in [-0.1, -0.05) is 6.92 Å². The smallest absolute Gasteiger partial charge is 0.0839 e. The molecule has 0 saturated heterocycles. The first kappa shape index (κ1) is 12.8. The van der Waals surface area contributed by atoms with E-state index >= 15 is 0 Å². The number of aryl methyl sites for hydroxylation is 1. The summed E-state index contributed by atoms with van der Waals surface area (Å²) in [6.45, 7) is 3.13. The lowest BCUT2D eigenvalue weighted by molar-refractivity contribution is 0.537. The summed E-state index contributed by atoms with van der Waals surface area (Å²) in [6, 6.07) is 4.47. The molecule has 0 aliphatic rings. The van der Waals surface area contributed by atoms with Crippen molar-refractivity contribution in [3.63, 3.8) is 0 Å². The number of aromatic nitrogens is 2. The van der Waals surface area contributed by atoms with Crippen LogP contribution in [0.25, 0.3) is 0 Å². The SMILES string of the molecule is CCCn1nccc1C(NC)c1cc(Br)cs1. The molecule has 3 nitrogen and oxygen atoms in total. The molecule has 92 valence electrons. The molecular weight excluding hydrogens is 298 g/mol. The highest BCUT2D eigenvalue weighted by Crippen LogP contribution is 2.29. The standard InChI is InChI=1S/C12H16BrN3S/c1-3-6-16-10(4-5-15-16)12(14-2)11-7-9(13)8-17-11/h4-5,7-8,12,14H,3,6H2,1-2H3. The first-order valence-corrected chi connectivity index (χ1v) is 7.36. The van der Waals surface area contributed by atoms with Crippen LogP contribution in [0.4, 0.5) is 0 Å². The van der Waals surface area contributed by atoms with Gasteiger partial charge in [-0.3, -0.25) is 4.68 Å². The Bertz CT molecular complexity index is 478. The molecule has 1 N–H and O–H groups in total. The van der Waals surface area contributed by atoms with Crippen LogP contribution in [0, 0.1) is 0 Å². The summed E-state index contributed by atoms with van der Waals surface area (Å²) in [7, 11) is 1.99. The van der Waals surface area contributed by atoms with Gasteiger partial charge < -0.3 is 5.32 Å². The Kier molecular flexibility index (Phi) is 4.36. The van der Waals surface area contributed by atoms with Crippen molar-refractivity contribution in [2.24, 2.45) is 0 Å². The molecule has 0 radical (unpaired) electrons. The van der Waals surface area contributed by atoms with E-state index in [9.17, 15) is 0 Å². The van der Waals surface area contributed by atoms with Crippen LogP contribution >= 0.6 is 27.3 Å². The minimum absolute atomic E-state index is 0.223. The number of hydrogen-bond donors (Lipinski definition) is 1. The van der Waals surface area contributed by atoms with Gasteiger partial charge in [-0.15, -0.1) is 11.3 Å². The number of nitrogens with zero attached hydrogens (tertiary/aromatic N) is 2. The number of thiophene rings is 1. The lowest BCUT2D eigenvalue weighted by Gasteiger charge is -2.16. The average Bonchev–Trinajstić information content (AvgIpc) is 2.91. The summed E-state index contributed by atoms with van der Waals surface area (Å²) in [5.41, 5.74) is 1.23. The summed E-state index contributed by atoms with van der Waals surface area (Å²) < 4.78 is 3.22. The molecule has 1 unspecified atom stereocenters. The zero-order valence-electron chi connectivity index (χ0n) is 9.98. The predicted octanol–water partition coefficient (Wildman–Crippen LogP) is 3.43. The Morgan fingerprint density at radius 3 is 3.00 bits per heavy atom. The van der Waals surface area contributed by atoms with Gasteiger partial charge >= 0.3 is 0 Å². The van der Waals surface area contributed by atoms with Crippen molar-refractivity contribution in [3.8, 4) is 0 Å². The molecule has 0 fully saturated rings. The van der Waals surface area contributed by atoms with Crippen LogP contribution in [-0.4, -0.2) is 16.8 Å². The van der Waals surface area contributed by atoms with E-state index in [0.29, 0.717) is 0 Å². The van der Waals surface area contributed by atoms with E-state index in [1.807, 2.05) is 13.2 Å². The second kappa shape index (κ2) is 5.80. The highest BCUT2D eigenvalue weighted by atomic mass is 79.9. The van der Waals surface area contributed by atoms with Crippen LogP contribution in [0.3, 0.4) is 0 Å². The molecule has 2 heterocycles. The van der Waals surface area contributed by atoms with E-state index < -0.39 is 0 Å². The maximum atomic E-state index is 4.38. The fourth-order valence-electron chi connectivity index (χ4n) is 1.90. The summed E-state index contributed by atoms with van der Waals surface area (Å²) in [5, 5.41) is 9.85. The predicted molar refractivity (Wildman–Crippen MR) is 75.4 cm³/mol. The Hall–Kier alpha value is -0.650. The van der Waals surface area contributed by atoms with Gasteiger partial charge in [-0.2, -0.15) is 5.10 Å². The van der Waals surface area contributed by atoms with Crippen molar-refractivity contribution >= 4 is 27.3 Å². The third-order valence-electron chi connectivity index (χ3n) is 2.64. The second-order valence-corrected chi connectivity index (χ2v) is 5.73. The topological polar surface area (TPSA) is 29.9 Å². The van der Waals surface area contributed by atoms with Crippen LogP contribution in [0.1, 0.15) is 30.0 Å². The maximum absolute atomic E-state index is 4.38. The van der Waals surface area contributed by atoms with Crippen LogP contribution in [0.15, 0.2) is 28.2 Å². The van der Waals surface area contributed by atoms with Crippen molar-refractivity contribution in [1.82, 2.24) is 15.1 Å². The Morgan fingerprint density at radius 2 is 2.41 bits per heavy atom. The van der Waals surface area contributed by atoms with Crippen molar-refractivity contribution in [3.05, 3.63) is 38.8 Å². The third kappa shape index (κ3) is 2.78. The molecule has 0 aromatic carbocycles. The van der Waals surface area contributed by atoms with Gasteiger partial charge in [0.15, 0.2) is 0 Å². The normalized spacial score (nSPS) is 12.9. The molecule has 2 aromatic rings. The number of nitrogens with one attached hydrogen (secondary N) is 1. The van der Waals surface area contributed by atoms with Gasteiger partial charge in [0.1, 0.15) is 0 Å². The van der Waals surface area contributed by atoms with Gasteiger partial charge in [0.2, 0.25) is 0 Å². The Morgan fingerprint density at radius 1 is 1.59 bits per heavy atom. The first-order valence-electron chi connectivity index (χ1n) is 5.69. The molecule has 2 aromatic heterocycles. The van der Waals surface area contributed by atoms with Crippen molar-refractivity contribution in [2.75, 3.05) is 7.05 Å². The molecule has 0 saturated carbocycles. The average molecular weight is 314 g/mol. The fourth-order valence-corrected chi connectivity index (χ4v) is 3.47. The molecular formula is C12H16BrN3S. The maximum Gasteiger partial charge on any atom is 0.0839 e. The quantitative estimate of drug-likeness (QED) is 0.916. The number of hydrogen-bond acceptors (Lipinski definition) is 3. The summed E-state index contributed by atoms with van der Waals surface area (Å²) in [6.07, 6.45) is 2.97.